The van der Waals surface area contributed by atoms with Gasteiger partial charge in [-0.2, -0.15) is 0 Å². The Labute approximate surface area is 508 Å². The predicted molar refractivity (Wildman–Crippen MR) is 317 cm³/mol. The molecule has 0 radical (unpaired) electrons. The Bertz CT molecular complexity index is 4800. The van der Waals surface area contributed by atoms with Crippen molar-refractivity contribution in [2.24, 2.45) is 0 Å². The molecule has 76 heavy (non-hydrogen) atoms. The minimum atomic E-state index is -4.33. The van der Waals surface area contributed by atoms with Gasteiger partial charge < -0.3 is 5.11 Å². The smallest absolute Gasteiger partial charge is 0.148 e. The molecule has 0 aliphatic rings. The quantitative estimate of drug-likeness (QED) is 0.154. The molecular weight excluding hydrogens is 1110 g/mol. The number of imidazole rings is 1. The Hall–Kier alpha value is -7.13. The predicted octanol–water partition coefficient (Wildman–Crippen LogP) is 19.1. The standard InChI is InChI=1S/C71H70N3O.Pt/c1-45-35-49(46-21-16-14-17-22-46)29-32-63(45)74-64-26-20-25-59(65(64)73-67(74)60-43-58(70(8,9)10)44-61(66(60)75)71(11,12)13)54-37-51(48-27-30-56(31-28-48)68(2,3)4)38-55(39-54)62-42-50(33-34-72-62)53-36-52(47-23-18-15-19-24-47)40-57(41-53)69(5,6)7;/h14-38,40-44,75H,1-13H3;/q-1;/i1D3,5D3,6D3,7D3,8D3,9D3,10D3,11D3,12D3,13D3;. The van der Waals surface area contributed by atoms with Crippen molar-refractivity contribution in [2.75, 3.05) is 0 Å². The molecule has 0 unspecified atom stereocenters. The summed E-state index contributed by atoms with van der Waals surface area (Å²) >= 11 is 0. The molecule has 0 spiro atoms. The number of aromatic nitrogens is 3. The molecule has 0 amide bonds. The van der Waals surface area contributed by atoms with Crippen molar-refractivity contribution in [1.82, 2.24) is 14.5 Å². The van der Waals surface area contributed by atoms with E-state index in [0.717, 1.165) is 10.1 Å². The summed E-state index contributed by atoms with van der Waals surface area (Å²) in [6, 6.07) is 47.7. The second-order valence-electron chi connectivity index (χ2n) is 19.8. The minimum Gasteiger partial charge on any atom is -0.507 e. The van der Waals surface area contributed by atoms with Crippen molar-refractivity contribution in [3.8, 4) is 89.7 Å². The summed E-state index contributed by atoms with van der Waals surface area (Å²) in [7, 11) is 0. The van der Waals surface area contributed by atoms with Crippen molar-refractivity contribution in [3.05, 3.63) is 216 Å². The van der Waals surface area contributed by atoms with Gasteiger partial charge in [-0.1, -0.05) is 227 Å². The van der Waals surface area contributed by atoms with E-state index in [0.29, 0.717) is 33.9 Å². The zero-order valence-corrected chi connectivity index (χ0v) is 43.7. The molecule has 4 nitrogen and oxygen atoms in total. The van der Waals surface area contributed by atoms with Crippen LogP contribution >= 0.6 is 0 Å². The van der Waals surface area contributed by atoms with Crippen LogP contribution in [0.4, 0.5) is 0 Å². The van der Waals surface area contributed by atoms with E-state index in [1.165, 1.54) is 60.8 Å². The number of rotatable bonds is 8. The van der Waals surface area contributed by atoms with Crippen LogP contribution in [0.1, 0.15) is 151 Å². The maximum atomic E-state index is 13.2. The van der Waals surface area contributed by atoms with Crippen molar-refractivity contribution >= 4 is 11.0 Å². The number of phenols is 1. The summed E-state index contributed by atoms with van der Waals surface area (Å²) in [4.78, 5) is 9.82. The third-order valence-electron chi connectivity index (χ3n) is 13.3. The number of hydrogen-bond donors (Lipinski definition) is 1. The molecule has 0 aliphatic carbocycles. The second-order valence-corrected chi connectivity index (χ2v) is 19.8. The Morgan fingerprint density at radius 3 is 1.70 bits per heavy atom. The molecule has 10 rings (SSSR count). The van der Waals surface area contributed by atoms with Gasteiger partial charge in [0.15, 0.2) is 0 Å². The Morgan fingerprint density at radius 1 is 0.474 bits per heavy atom. The fourth-order valence-electron chi connectivity index (χ4n) is 9.34. The average Bonchev–Trinajstić information content (AvgIpc) is 0.846. The summed E-state index contributed by atoms with van der Waals surface area (Å²) in [5, 5.41) is 13.2. The van der Waals surface area contributed by atoms with E-state index in [4.69, 9.17) is 51.1 Å². The van der Waals surface area contributed by atoms with Crippen molar-refractivity contribution in [3.63, 3.8) is 0 Å². The van der Waals surface area contributed by atoms with Gasteiger partial charge in [0.1, 0.15) is 11.6 Å². The van der Waals surface area contributed by atoms with Gasteiger partial charge in [-0.15, -0.1) is 23.8 Å². The first-order valence-electron chi connectivity index (χ1n) is 38.9. The van der Waals surface area contributed by atoms with Gasteiger partial charge in [-0.25, -0.2) is 4.98 Å². The van der Waals surface area contributed by atoms with Gasteiger partial charge in [0.05, 0.1) is 22.3 Å². The van der Waals surface area contributed by atoms with E-state index in [1.807, 2.05) is 45.0 Å². The van der Waals surface area contributed by atoms with E-state index in [1.54, 1.807) is 84.9 Å². The number of fused-ring (bicyclic) bond motifs is 1. The van der Waals surface area contributed by atoms with Crippen LogP contribution in [0.2, 0.25) is 0 Å². The third-order valence-corrected chi connectivity index (χ3v) is 13.3. The van der Waals surface area contributed by atoms with Crippen LogP contribution in [0.5, 0.6) is 5.75 Å². The molecule has 10 aromatic rings. The first-order chi connectivity index (χ1) is 48.0. The first-order valence-corrected chi connectivity index (χ1v) is 23.9. The van der Waals surface area contributed by atoms with E-state index in [-0.39, 0.29) is 88.3 Å². The maximum Gasteiger partial charge on any atom is 0.148 e. The molecule has 0 fully saturated rings. The molecule has 2 aromatic heterocycles. The van der Waals surface area contributed by atoms with Gasteiger partial charge in [0, 0.05) is 79.6 Å². The van der Waals surface area contributed by atoms with Gasteiger partial charge in [0.25, 0.3) is 0 Å². The molecule has 2 heterocycles. The van der Waals surface area contributed by atoms with Crippen LogP contribution in [-0.4, -0.2) is 19.6 Å². The summed E-state index contributed by atoms with van der Waals surface area (Å²) in [6.45, 7) is -33.6. The van der Waals surface area contributed by atoms with Crippen LogP contribution in [0, 0.1) is 12.9 Å². The summed E-state index contributed by atoms with van der Waals surface area (Å²) in [5.74, 6) is -2.36. The van der Waals surface area contributed by atoms with E-state index in [9.17, 15) is 5.11 Å². The van der Waals surface area contributed by atoms with E-state index >= 15 is 0 Å². The van der Waals surface area contributed by atoms with E-state index < -0.39 is 124 Å². The number of para-hydroxylation sites is 1. The fourth-order valence-corrected chi connectivity index (χ4v) is 9.34. The largest absolute Gasteiger partial charge is 0.507 e. The zero-order valence-electron chi connectivity index (χ0n) is 71.4. The molecule has 0 aliphatic heterocycles. The monoisotopic (exact) mass is 1210 g/mol. The number of aryl methyl sites for hydroxylation is 1. The van der Waals surface area contributed by atoms with Crippen LogP contribution in [0.3, 0.4) is 0 Å². The molecule has 0 saturated carbocycles. The third kappa shape index (κ3) is 10.8. The number of phenolic OH excluding ortho intramolecular Hbond substituents is 1. The molecule has 1 N–H and O–H groups in total. The Morgan fingerprint density at radius 2 is 1.05 bits per heavy atom. The number of hydrogen-bond acceptors (Lipinski definition) is 3. The number of pyridine rings is 1. The SMILES string of the molecule is [2H]C([2H])([2H])c1cc(-c2ccccc2)ccc1-n1c(-c2cc(C(C([2H])([2H])[2H])(C([2H])([2H])[2H])C([2H])([2H])[2H])cc(C(C([2H])([2H])[2H])(C([2H])([2H])[2H])C([2H])([2H])[2H])c2O)nc2c(-c3[c-]c(-c4cc(-c5cc(-c6ccccc6)cc(C(C([2H])([2H])[2H])(C([2H])([2H])[2H])C([2H])([2H])[2H])c5)ccn4)cc(-c4ccc(C(C)(C)C)cc4)c3)cccc21.[Pt]. The van der Waals surface area contributed by atoms with Gasteiger partial charge >= 0.3 is 0 Å². The van der Waals surface area contributed by atoms with Crippen LogP contribution in [0.25, 0.3) is 95.0 Å². The number of benzene rings is 8. The Balaban J connectivity index is 0.0000130. The second kappa shape index (κ2) is 20.4. The fraction of sp³-hybridized carbons (Fsp3) is 0.239. The van der Waals surface area contributed by atoms with Gasteiger partial charge in [0.2, 0.25) is 0 Å². The van der Waals surface area contributed by atoms with Crippen molar-refractivity contribution in [1.29, 1.82) is 0 Å². The van der Waals surface area contributed by atoms with Crippen LogP contribution in [-0.2, 0) is 42.7 Å². The molecule has 0 atom stereocenters. The van der Waals surface area contributed by atoms with Gasteiger partial charge in [-0.05, 0) is 126 Å². The summed E-state index contributed by atoms with van der Waals surface area (Å²) in [5.41, 5.74) is -13.4. The Kier molecular flexibility index (Phi) is 7.47. The zero-order chi connectivity index (χ0) is 78.2. The normalized spacial score (nSPS) is 19.7. The molecule has 5 heteroatoms. The molecule has 8 aromatic carbocycles. The molecule has 0 bridgehead atoms. The first kappa shape index (κ1) is 27.8. The van der Waals surface area contributed by atoms with Gasteiger partial charge in [-0.3, -0.25) is 9.55 Å². The topological polar surface area (TPSA) is 50.9 Å². The summed E-state index contributed by atoms with van der Waals surface area (Å²) < 4.78 is 266. The van der Waals surface area contributed by atoms with Crippen LogP contribution in [0.15, 0.2) is 182 Å². The maximum absolute atomic E-state index is 13.2. The molecule has 386 valence electrons. The number of nitrogens with zero attached hydrogens (tertiary/aromatic N) is 3. The van der Waals surface area contributed by atoms with Crippen molar-refractivity contribution < 1.29 is 67.3 Å². The number of aromatic hydroxyl groups is 1. The van der Waals surface area contributed by atoms with Crippen molar-refractivity contribution in [2.45, 2.75) is 111 Å². The molecular formula is C71H70N3OPt-. The minimum absolute atomic E-state index is 0. The molecule has 0 saturated heterocycles. The average molecular weight is 1210 g/mol. The van der Waals surface area contributed by atoms with E-state index in [2.05, 4.69) is 6.07 Å². The summed E-state index contributed by atoms with van der Waals surface area (Å²) in [6.07, 6.45) is 1.40. The van der Waals surface area contributed by atoms with Crippen LogP contribution < -0.4 is 0 Å².